The molecule has 0 bridgehead atoms. The fourth-order valence-corrected chi connectivity index (χ4v) is 4.68. The van der Waals surface area contributed by atoms with E-state index in [-0.39, 0.29) is 27.5 Å². The van der Waals surface area contributed by atoms with Gasteiger partial charge >= 0.3 is 0 Å². The van der Waals surface area contributed by atoms with Crippen LogP contribution in [-0.4, -0.2) is 45.5 Å². The standard InChI is InChI=1S/C19H20Cl2N2O4S/c1-23(12-16-3-2-10-27-16)19(24)13-4-9-17(21)18(11-13)28(25,26)22-15-7-5-14(20)6-8-15/h4-9,11,16,22H,2-3,10,12H2,1H3. The number of halogens is 2. The fourth-order valence-electron chi connectivity index (χ4n) is 2.97. The Balaban J connectivity index is 1.81. The van der Waals surface area contributed by atoms with Gasteiger partial charge in [-0.3, -0.25) is 9.52 Å². The van der Waals surface area contributed by atoms with Crippen LogP contribution in [0.1, 0.15) is 23.2 Å². The van der Waals surface area contributed by atoms with Gasteiger partial charge in [0.2, 0.25) is 0 Å². The minimum Gasteiger partial charge on any atom is -0.376 e. The highest BCUT2D eigenvalue weighted by Crippen LogP contribution is 2.26. The molecule has 28 heavy (non-hydrogen) atoms. The van der Waals surface area contributed by atoms with E-state index in [1.54, 1.807) is 19.2 Å². The van der Waals surface area contributed by atoms with Crippen molar-refractivity contribution >= 4 is 44.8 Å². The van der Waals surface area contributed by atoms with E-state index in [2.05, 4.69) is 4.72 Å². The van der Waals surface area contributed by atoms with Crippen molar-refractivity contribution in [2.75, 3.05) is 24.9 Å². The number of hydrogen-bond acceptors (Lipinski definition) is 4. The first kappa shape index (κ1) is 20.9. The molecule has 2 aromatic carbocycles. The molecule has 0 aromatic heterocycles. The van der Waals surface area contributed by atoms with Crippen molar-refractivity contribution in [3.05, 3.63) is 58.1 Å². The van der Waals surface area contributed by atoms with Crippen LogP contribution in [0.25, 0.3) is 0 Å². The maximum absolute atomic E-state index is 12.8. The molecule has 9 heteroatoms. The lowest BCUT2D eigenvalue weighted by Crippen LogP contribution is -2.34. The number of anilines is 1. The van der Waals surface area contributed by atoms with Gasteiger partial charge in [-0.25, -0.2) is 8.42 Å². The Labute approximate surface area is 174 Å². The largest absolute Gasteiger partial charge is 0.376 e. The fraction of sp³-hybridized carbons (Fsp3) is 0.316. The van der Waals surface area contributed by atoms with E-state index in [0.29, 0.717) is 23.9 Å². The zero-order chi connectivity index (χ0) is 20.3. The van der Waals surface area contributed by atoms with E-state index in [1.807, 2.05) is 0 Å². The predicted octanol–water partition coefficient (Wildman–Crippen LogP) is 4.05. The zero-order valence-corrected chi connectivity index (χ0v) is 17.5. The molecule has 1 atom stereocenters. The van der Waals surface area contributed by atoms with E-state index >= 15 is 0 Å². The number of amides is 1. The van der Waals surface area contributed by atoms with Crippen LogP contribution in [0.3, 0.4) is 0 Å². The number of carbonyl (C=O) groups is 1. The van der Waals surface area contributed by atoms with Gasteiger partial charge in [-0.2, -0.15) is 0 Å². The molecule has 1 unspecified atom stereocenters. The molecule has 3 rings (SSSR count). The molecule has 0 saturated carbocycles. The van der Waals surface area contributed by atoms with Crippen LogP contribution in [0.4, 0.5) is 5.69 Å². The monoisotopic (exact) mass is 442 g/mol. The van der Waals surface area contributed by atoms with Crippen LogP contribution in [0.2, 0.25) is 10.0 Å². The molecular weight excluding hydrogens is 423 g/mol. The third kappa shape index (κ3) is 4.97. The average molecular weight is 443 g/mol. The summed E-state index contributed by atoms with van der Waals surface area (Å²) in [5.41, 5.74) is 0.578. The molecule has 150 valence electrons. The number of benzene rings is 2. The predicted molar refractivity (Wildman–Crippen MR) is 110 cm³/mol. The Morgan fingerprint density at radius 3 is 2.57 bits per heavy atom. The minimum absolute atomic E-state index is 0.0102. The molecule has 0 spiro atoms. The van der Waals surface area contributed by atoms with Crippen LogP contribution >= 0.6 is 23.2 Å². The van der Waals surface area contributed by atoms with Gasteiger partial charge in [0.05, 0.1) is 11.1 Å². The summed E-state index contributed by atoms with van der Waals surface area (Å²) in [6.45, 7) is 1.15. The molecule has 1 N–H and O–H groups in total. The molecule has 1 amide bonds. The summed E-state index contributed by atoms with van der Waals surface area (Å²) in [6.07, 6.45) is 1.89. The number of sulfonamides is 1. The second-order valence-electron chi connectivity index (χ2n) is 6.58. The second kappa shape index (κ2) is 8.69. The van der Waals surface area contributed by atoms with Crippen molar-refractivity contribution in [1.29, 1.82) is 0 Å². The zero-order valence-electron chi connectivity index (χ0n) is 15.2. The molecule has 1 aliphatic rings. The number of carbonyl (C=O) groups excluding carboxylic acids is 1. The van der Waals surface area contributed by atoms with Crippen molar-refractivity contribution in [3.8, 4) is 0 Å². The summed E-state index contributed by atoms with van der Waals surface area (Å²) in [4.78, 5) is 14.1. The highest BCUT2D eigenvalue weighted by Gasteiger charge is 2.24. The van der Waals surface area contributed by atoms with Gasteiger partial charge < -0.3 is 9.64 Å². The van der Waals surface area contributed by atoms with Crippen LogP contribution < -0.4 is 4.72 Å². The van der Waals surface area contributed by atoms with Gasteiger partial charge in [0.15, 0.2) is 0 Å². The Kier molecular flexibility index (Phi) is 6.50. The average Bonchev–Trinajstić information content (AvgIpc) is 3.16. The first-order valence-electron chi connectivity index (χ1n) is 8.71. The van der Waals surface area contributed by atoms with Crippen molar-refractivity contribution in [2.24, 2.45) is 0 Å². The van der Waals surface area contributed by atoms with E-state index in [4.69, 9.17) is 27.9 Å². The third-order valence-corrected chi connectivity index (χ3v) is 6.53. The van der Waals surface area contributed by atoms with Crippen molar-refractivity contribution in [1.82, 2.24) is 4.90 Å². The Morgan fingerprint density at radius 2 is 1.93 bits per heavy atom. The van der Waals surface area contributed by atoms with Gasteiger partial charge in [-0.05, 0) is 55.3 Å². The van der Waals surface area contributed by atoms with Gasteiger partial charge in [0.25, 0.3) is 15.9 Å². The van der Waals surface area contributed by atoms with E-state index in [1.165, 1.54) is 35.2 Å². The third-order valence-electron chi connectivity index (χ3n) is 4.41. The Morgan fingerprint density at radius 1 is 1.21 bits per heavy atom. The van der Waals surface area contributed by atoms with Crippen molar-refractivity contribution < 1.29 is 17.9 Å². The van der Waals surface area contributed by atoms with Crippen LogP contribution in [0.15, 0.2) is 47.4 Å². The number of nitrogens with zero attached hydrogens (tertiary/aromatic N) is 1. The number of rotatable bonds is 6. The summed E-state index contributed by atoms with van der Waals surface area (Å²) in [7, 11) is -2.32. The highest BCUT2D eigenvalue weighted by atomic mass is 35.5. The summed E-state index contributed by atoms with van der Waals surface area (Å²) < 4.78 is 33.5. The van der Waals surface area contributed by atoms with E-state index in [9.17, 15) is 13.2 Å². The molecule has 1 fully saturated rings. The van der Waals surface area contributed by atoms with E-state index in [0.717, 1.165) is 12.8 Å². The Hall–Kier alpha value is -1.80. The molecule has 0 radical (unpaired) electrons. The number of hydrogen-bond donors (Lipinski definition) is 1. The van der Waals surface area contributed by atoms with Gasteiger partial charge in [0.1, 0.15) is 4.90 Å². The molecule has 1 aliphatic heterocycles. The number of likely N-dealkylation sites (N-methyl/N-ethyl adjacent to an activating group) is 1. The number of ether oxygens (including phenoxy) is 1. The molecule has 1 heterocycles. The van der Waals surface area contributed by atoms with Crippen LogP contribution in [0.5, 0.6) is 0 Å². The maximum Gasteiger partial charge on any atom is 0.263 e. The quantitative estimate of drug-likeness (QED) is 0.731. The SMILES string of the molecule is CN(CC1CCCO1)C(=O)c1ccc(Cl)c(S(=O)(=O)Nc2ccc(Cl)cc2)c1. The van der Waals surface area contributed by atoms with Crippen LogP contribution in [-0.2, 0) is 14.8 Å². The van der Waals surface area contributed by atoms with Crippen LogP contribution in [0, 0.1) is 0 Å². The topological polar surface area (TPSA) is 75.7 Å². The highest BCUT2D eigenvalue weighted by molar-refractivity contribution is 7.92. The maximum atomic E-state index is 12.8. The lowest BCUT2D eigenvalue weighted by atomic mass is 10.2. The summed E-state index contributed by atoms with van der Waals surface area (Å²) >= 11 is 11.9. The van der Waals surface area contributed by atoms with Gasteiger partial charge in [0, 0.05) is 36.5 Å². The normalized spacial score (nSPS) is 16.8. The van der Waals surface area contributed by atoms with Crippen molar-refractivity contribution in [3.63, 3.8) is 0 Å². The summed E-state index contributed by atoms with van der Waals surface area (Å²) in [5.74, 6) is -0.296. The van der Waals surface area contributed by atoms with E-state index < -0.39 is 10.0 Å². The summed E-state index contributed by atoms with van der Waals surface area (Å²) in [6, 6.07) is 10.4. The lowest BCUT2D eigenvalue weighted by Gasteiger charge is -2.21. The minimum atomic E-state index is -3.98. The molecule has 1 saturated heterocycles. The lowest BCUT2D eigenvalue weighted by molar-refractivity contribution is 0.0587. The van der Waals surface area contributed by atoms with Crippen molar-refractivity contribution in [2.45, 2.75) is 23.8 Å². The molecule has 2 aromatic rings. The first-order chi connectivity index (χ1) is 13.3. The Bertz CT molecular complexity index is 958. The van der Waals surface area contributed by atoms with Gasteiger partial charge in [-0.15, -0.1) is 0 Å². The molecular formula is C19H20Cl2N2O4S. The smallest absolute Gasteiger partial charge is 0.263 e. The number of nitrogens with one attached hydrogen (secondary N) is 1. The molecule has 6 nitrogen and oxygen atoms in total. The van der Waals surface area contributed by atoms with Gasteiger partial charge in [-0.1, -0.05) is 23.2 Å². The molecule has 0 aliphatic carbocycles. The second-order valence-corrected chi connectivity index (χ2v) is 9.07. The first-order valence-corrected chi connectivity index (χ1v) is 11.0. The summed E-state index contributed by atoms with van der Waals surface area (Å²) in [5, 5.41) is 0.516.